The Labute approximate surface area is 138 Å². The van der Waals surface area contributed by atoms with Gasteiger partial charge in [0.05, 0.1) is 6.10 Å². The summed E-state index contributed by atoms with van der Waals surface area (Å²) in [6.45, 7) is 4.10. The monoisotopic (exact) mass is 317 g/mol. The zero-order chi connectivity index (χ0) is 16.3. The maximum Gasteiger partial charge on any atom is 0.223 e. The van der Waals surface area contributed by atoms with Crippen LogP contribution in [0.3, 0.4) is 0 Å². The zero-order valence-electron chi connectivity index (χ0n) is 13.8. The van der Waals surface area contributed by atoms with Gasteiger partial charge in [0.1, 0.15) is 0 Å². The van der Waals surface area contributed by atoms with Crippen LogP contribution in [0.4, 0.5) is 0 Å². The van der Waals surface area contributed by atoms with Crippen LogP contribution >= 0.6 is 0 Å². The quantitative estimate of drug-likeness (QED) is 0.848. The summed E-state index contributed by atoms with van der Waals surface area (Å²) in [4.78, 5) is 12.4. The van der Waals surface area contributed by atoms with Crippen LogP contribution in [0.2, 0.25) is 0 Å². The van der Waals surface area contributed by atoms with Gasteiger partial charge >= 0.3 is 0 Å². The second-order valence-electron chi connectivity index (χ2n) is 7.13. The molecule has 4 heteroatoms. The van der Waals surface area contributed by atoms with E-state index < -0.39 is 6.10 Å². The molecule has 2 aliphatic rings. The SMILES string of the molecule is CC(C(=O)NCC1(C(O)c2ccccc2)CC1)C1CCOCC1. The molecule has 2 fully saturated rings. The summed E-state index contributed by atoms with van der Waals surface area (Å²) in [6.07, 6.45) is 3.37. The first-order valence-corrected chi connectivity index (χ1v) is 8.71. The molecule has 1 aliphatic heterocycles. The molecule has 2 unspecified atom stereocenters. The summed E-state index contributed by atoms with van der Waals surface area (Å²) in [7, 11) is 0. The van der Waals surface area contributed by atoms with Gasteiger partial charge in [0.15, 0.2) is 0 Å². The van der Waals surface area contributed by atoms with Gasteiger partial charge in [-0.2, -0.15) is 0 Å². The molecule has 0 bridgehead atoms. The molecule has 1 aromatic carbocycles. The van der Waals surface area contributed by atoms with E-state index in [0.717, 1.165) is 44.5 Å². The van der Waals surface area contributed by atoms with E-state index in [9.17, 15) is 9.90 Å². The van der Waals surface area contributed by atoms with Crippen molar-refractivity contribution in [2.45, 2.75) is 38.7 Å². The number of rotatable bonds is 6. The van der Waals surface area contributed by atoms with Crippen LogP contribution in [0.1, 0.15) is 44.3 Å². The number of carbonyl (C=O) groups excluding carboxylic acids is 1. The van der Waals surface area contributed by atoms with Crippen LogP contribution in [0.15, 0.2) is 30.3 Å². The summed E-state index contributed by atoms with van der Waals surface area (Å²) in [5, 5.41) is 13.7. The van der Waals surface area contributed by atoms with Crippen LogP contribution in [0, 0.1) is 17.3 Å². The second-order valence-corrected chi connectivity index (χ2v) is 7.13. The fourth-order valence-electron chi connectivity index (χ4n) is 3.55. The summed E-state index contributed by atoms with van der Waals surface area (Å²) >= 11 is 0. The molecule has 1 saturated carbocycles. The first-order chi connectivity index (χ1) is 11.1. The van der Waals surface area contributed by atoms with Crippen LogP contribution in [-0.2, 0) is 9.53 Å². The molecule has 4 nitrogen and oxygen atoms in total. The van der Waals surface area contributed by atoms with Crippen molar-refractivity contribution in [3.05, 3.63) is 35.9 Å². The van der Waals surface area contributed by atoms with E-state index >= 15 is 0 Å². The number of aliphatic hydroxyl groups excluding tert-OH is 1. The van der Waals surface area contributed by atoms with Crippen LogP contribution in [0.5, 0.6) is 0 Å². The third-order valence-corrected chi connectivity index (χ3v) is 5.59. The molecule has 1 aliphatic carbocycles. The van der Waals surface area contributed by atoms with Crippen LogP contribution in [-0.4, -0.2) is 30.8 Å². The number of nitrogens with one attached hydrogen (secondary N) is 1. The van der Waals surface area contributed by atoms with Crippen molar-refractivity contribution in [3.8, 4) is 0 Å². The van der Waals surface area contributed by atoms with Crippen molar-refractivity contribution in [3.63, 3.8) is 0 Å². The molecule has 3 rings (SSSR count). The number of hydrogen-bond acceptors (Lipinski definition) is 3. The molecule has 1 aromatic rings. The van der Waals surface area contributed by atoms with Gasteiger partial charge in [-0.1, -0.05) is 37.3 Å². The maximum absolute atomic E-state index is 12.4. The van der Waals surface area contributed by atoms with E-state index in [1.807, 2.05) is 37.3 Å². The summed E-state index contributed by atoms with van der Waals surface area (Å²) in [6, 6.07) is 9.75. The Morgan fingerprint density at radius 2 is 1.96 bits per heavy atom. The Balaban J connectivity index is 1.54. The van der Waals surface area contributed by atoms with Crippen molar-refractivity contribution in [2.24, 2.45) is 17.3 Å². The first kappa shape index (κ1) is 16.5. The van der Waals surface area contributed by atoms with Crippen LogP contribution < -0.4 is 5.32 Å². The van der Waals surface area contributed by atoms with E-state index in [1.165, 1.54) is 0 Å². The fourth-order valence-corrected chi connectivity index (χ4v) is 3.55. The minimum absolute atomic E-state index is 0.0172. The number of hydrogen-bond donors (Lipinski definition) is 2. The largest absolute Gasteiger partial charge is 0.388 e. The normalized spacial score (nSPS) is 23.0. The van der Waals surface area contributed by atoms with Gasteiger partial charge in [0.25, 0.3) is 0 Å². The summed E-state index contributed by atoms with van der Waals surface area (Å²) < 4.78 is 5.37. The lowest BCUT2D eigenvalue weighted by Crippen LogP contribution is -2.39. The lowest BCUT2D eigenvalue weighted by Gasteiger charge is -2.28. The highest BCUT2D eigenvalue weighted by atomic mass is 16.5. The van der Waals surface area contributed by atoms with Gasteiger partial charge in [0, 0.05) is 31.1 Å². The van der Waals surface area contributed by atoms with Gasteiger partial charge < -0.3 is 15.2 Å². The van der Waals surface area contributed by atoms with Crippen LogP contribution in [0.25, 0.3) is 0 Å². The van der Waals surface area contributed by atoms with E-state index in [1.54, 1.807) is 0 Å². The minimum atomic E-state index is -0.498. The molecule has 23 heavy (non-hydrogen) atoms. The Hall–Kier alpha value is -1.39. The molecule has 2 atom stereocenters. The molecule has 1 heterocycles. The number of carbonyl (C=O) groups is 1. The molecule has 1 amide bonds. The predicted octanol–water partition coefficient (Wildman–Crippen LogP) is 2.68. The predicted molar refractivity (Wildman–Crippen MR) is 88.8 cm³/mol. The number of amides is 1. The summed E-state index contributed by atoms with van der Waals surface area (Å²) in [5.74, 6) is 0.546. The highest BCUT2D eigenvalue weighted by molar-refractivity contribution is 5.78. The van der Waals surface area contributed by atoms with Crippen molar-refractivity contribution in [1.29, 1.82) is 0 Å². The van der Waals surface area contributed by atoms with Gasteiger partial charge in [-0.15, -0.1) is 0 Å². The molecule has 0 aromatic heterocycles. The lowest BCUT2D eigenvalue weighted by atomic mass is 9.86. The molecule has 2 N–H and O–H groups in total. The Bertz CT molecular complexity index is 521. The van der Waals surface area contributed by atoms with Crippen molar-refractivity contribution in [2.75, 3.05) is 19.8 Å². The first-order valence-electron chi connectivity index (χ1n) is 8.71. The molecule has 126 valence electrons. The topological polar surface area (TPSA) is 58.6 Å². The zero-order valence-corrected chi connectivity index (χ0v) is 13.8. The summed E-state index contributed by atoms with van der Waals surface area (Å²) in [5.41, 5.74) is 0.767. The van der Waals surface area contributed by atoms with Gasteiger partial charge in [-0.25, -0.2) is 0 Å². The van der Waals surface area contributed by atoms with E-state index in [2.05, 4.69) is 5.32 Å². The number of benzene rings is 1. The lowest BCUT2D eigenvalue weighted by molar-refractivity contribution is -0.127. The molecule has 0 radical (unpaired) electrons. The van der Waals surface area contributed by atoms with Crippen molar-refractivity contribution < 1.29 is 14.6 Å². The smallest absolute Gasteiger partial charge is 0.223 e. The van der Waals surface area contributed by atoms with Crippen molar-refractivity contribution >= 4 is 5.91 Å². The standard InChI is InChI=1S/C19H27NO3/c1-14(15-7-11-23-12-8-15)18(22)20-13-19(9-10-19)17(21)16-5-3-2-4-6-16/h2-6,14-15,17,21H,7-13H2,1H3,(H,20,22). The fraction of sp³-hybridized carbons (Fsp3) is 0.632. The van der Waals surface area contributed by atoms with Crippen molar-refractivity contribution in [1.82, 2.24) is 5.32 Å². The number of ether oxygens (including phenoxy) is 1. The molecular formula is C19H27NO3. The maximum atomic E-state index is 12.4. The number of aliphatic hydroxyl groups is 1. The highest BCUT2D eigenvalue weighted by Crippen LogP contribution is 2.54. The van der Waals surface area contributed by atoms with E-state index in [0.29, 0.717) is 12.5 Å². The molecule has 1 saturated heterocycles. The third kappa shape index (κ3) is 3.75. The minimum Gasteiger partial charge on any atom is -0.388 e. The van der Waals surface area contributed by atoms with Gasteiger partial charge in [0.2, 0.25) is 5.91 Å². The van der Waals surface area contributed by atoms with E-state index in [4.69, 9.17) is 4.74 Å². The van der Waals surface area contributed by atoms with Gasteiger partial charge in [-0.05, 0) is 37.2 Å². The average Bonchev–Trinajstić information content (AvgIpc) is 3.41. The average molecular weight is 317 g/mol. The highest BCUT2D eigenvalue weighted by Gasteiger charge is 2.49. The Kier molecular flexibility index (Phi) is 5.02. The Morgan fingerprint density at radius 3 is 2.57 bits per heavy atom. The molecular weight excluding hydrogens is 290 g/mol. The van der Waals surface area contributed by atoms with Gasteiger partial charge in [-0.3, -0.25) is 4.79 Å². The second kappa shape index (κ2) is 7.02. The Morgan fingerprint density at radius 1 is 1.30 bits per heavy atom. The van der Waals surface area contributed by atoms with E-state index in [-0.39, 0.29) is 17.2 Å². The third-order valence-electron chi connectivity index (χ3n) is 5.59. The molecule has 0 spiro atoms.